The molecule has 6 aromatic rings. The largest absolute Gasteiger partial charge is 0.488 e. The van der Waals surface area contributed by atoms with Gasteiger partial charge in [-0.3, -0.25) is 9.97 Å². The maximum absolute atomic E-state index is 13.0. The first kappa shape index (κ1) is 31.4. The number of halogens is 3. The van der Waals surface area contributed by atoms with Crippen LogP contribution in [0.3, 0.4) is 0 Å². The molecular weight excluding hydrogens is 636 g/mol. The Balaban J connectivity index is 0.000000177. The van der Waals surface area contributed by atoms with Crippen molar-refractivity contribution in [1.29, 1.82) is 0 Å². The Morgan fingerprint density at radius 3 is 1.78 bits per heavy atom. The van der Waals surface area contributed by atoms with Crippen molar-refractivity contribution in [3.05, 3.63) is 125 Å². The standard InChI is InChI=1S/C15H11FN2.C9H8BNO2.C6H5FIN.CH4/c16-12-4-5-13(14(17)9-12)10-3-6-15-11(8-10)2-1-7-18-15;12-10(13)8-3-4-9-7(6-8)2-1-5-11-9;7-4-1-2-5(8)6(9)3-4;/h1-9H,17H2;1-6,12-13H;1-3H,9H2;1H4. The van der Waals surface area contributed by atoms with Crippen LogP contribution in [0.1, 0.15) is 7.43 Å². The molecule has 0 aliphatic rings. The molecule has 0 unspecified atom stereocenters. The number of anilines is 2. The van der Waals surface area contributed by atoms with E-state index in [0.29, 0.717) is 16.8 Å². The van der Waals surface area contributed by atoms with E-state index in [-0.39, 0.29) is 19.1 Å². The molecule has 0 bridgehead atoms. The van der Waals surface area contributed by atoms with Gasteiger partial charge in [-0.1, -0.05) is 37.8 Å². The lowest BCUT2D eigenvalue weighted by molar-refractivity contribution is 0.426. The Hall–Kier alpha value is -4.13. The van der Waals surface area contributed by atoms with Crippen LogP contribution in [-0.2, 0) is 0 Å². The number of pyridine rings is 2. The van der Waals surface area contributed by atoms with E-state index in [2.05, 4.69) is 9.97 Å². The molecule has 0 fully saturated rings. The summed E-state index contributed by atoms with van der Waals surface area (Å²) in [6.07, 6.45) is 3.46. The molecule has 2 heterocycles. The van der Waals surface area contributed by atoms with Crippen LogP contribution in [0.5, 0.6) is 0 Å². The summed E-state index contributed by atoms with van der Waals surface area (Å²) in [7, 11) is -1.41. The van der Waals surface area contributed by atoms with E-state index < -0.39 is 7.12 Å². The van der Waals surface area contributed by atoms with Gasteiger partial charge < -0.3 is 21.5 Å². The molecule has 6 N–H and O–H groups in total. The number of nitrogens with zero attached hydrogens (tertiary/aromatic N) is 2. The van der Waals surface area contributed by atoms with Gasteiger partial charge in [0.2, 0.25) is 0 Å². The summed E-state index contributed by atoms with van der Waals surface area (Å²) in [5, 5.41) is 19.8. The van der Waals surface area contributed by atoms with Gasteiger partial charge >= 0.3 is 7.12 Å². The predicted octanol–water partition coefficient (Wildman–Crippen LogP) is 6.19. The fourth-order valence-corrected chi connectivity index (χ4v) is 4.14. The van der Waals surface area contributed by atoms with E-state index >= 15 is 0 Å². The molecule has 4 aromatic carbocycles. The molecular formula is C31H28BF2IN4O2. The summed E-state index contributed by atoms with van der Waals surface area (Å²) in [5.41, 5.74) is 16.2. The van der Waals surface area contributed by atoms with Crippen molar-refractivity contribution in [3.8, 4) is 11.1 Å². The second-order valence-corrected chi connectivity index (χ2v) is 9.80. The fourth-order valence-electron chi connectivity index (χ4n) is 3.81. The summed E-state index contributed by atoms with van der Waals surface area (Å²) in [4.78, 5) is 8.38. The van der Waals surface area contributed by atoms with Crippen molar-refractivity contribution in [1.82, 2.24) is 9.97 Å². The number of fused-ring (bicyclic) bond motifs is 2. The van der Waals surface area contributed by atoms with Gasteiger partial charge in [0.15, 0.2) is 0 Å². The maximum Gasteiger partial charge on any atom is 0.488 e. The predicted molar refractivity (Wildman–Crippen MR) is 173 cm³/mol. The lowest BCUT2D eigenvalue weighted by atomic mass is 9.80. The molecule has 0 amide bonds. The number of benzene rings is 4. The van der Waals surface area contributed by atoms with Crippen LogP contribution in [0.4, 0.5) is 20.2 Å². The van der Waals surface area contributed by atoms with E-state index in [1.165, 1.54) is 24.3 Å². The third kappa shape index (κ3) is 8.43. The van der Waals surface area contributed by atoms with Gasteiger partial charge in [-0.15, -0.1) is 0 Å². The number of hydrogen-bond acceptors (Lipinski definition) is 6. The Labute approximate surface area is 251 Å². The zero-order chi connectivity index (χ0) is 28.6. The van der Waals surface area contributed by atoms with E-state index in [4.69, 9.17) is 21.5 Å². The third-order valence-electron chi connectivity index (χ3n) is 5.81. The second kappa shape index (κ2) is 14.5. The molecule has 0 saturated carbocycles. The number of hydrogen-bond donors (Lipinski definition) is 4. The summed E-state index contributed by atoms with van der Waals surface area (Å²) in [6.45, 7) is 0. The molecule has 6 rings (SSSR count). The smallest absolute Gasteiger partial charge is 0.423 e. The van der Waals surface area contributed by atoms with Gasteiger partial charge in [-0.2, -0.15) is 0 Å². The summed E-state index contributed by atoms with van der Waals surface area (Å²) in [6, 6.07) is 27.4. The van der Waals surface area contributed by atoms with Gasteiger partial charge in [0.25, 0.3) is 0 Å². The highest BCUT2D eigenvalue weighted by atomic mass is 127. The molecule has 2 aromatic heterocycles. The number of rotatable bonds is 2. The van der Waals surface area contributed by atoms with Crippen molar-refractivity contribution in [2.24, 2.45) is 0 Å². The van der Waals surface area contributed by atoms with Crippen LogP contribution in [0.15, 0.2) is 109 Å². The third-order valence-corrected chi connectivity index (χ3v) is 6.79. The summed E-state index contributed by atoms with van der Waals surface area (Å²) in [5.74, 6) is -0.605. The minimum atomic E-state index is -1.41. The molecule has 41 heavy (non-hydrogen) atoms. The molecule has 0 radical (unpaired) electrons. The molecule has 0 spiro atoms. The normalized spacial score (nSPS) is 10.1. The molecule has 0 aliphatic carbocycles. The van der Waals surface area contributed by atoms with Crippen LogP contribution in [0.25, 0.3) is 32.9 Å². The fraction of sp³-hybridized carbons (Fsp3) is 0.0323. The van der Waals surface area contributed by atoms with Crippen molar-refractivity contribution in [2.45, 2.75) is 7.43 Å². The minimum Gasteiger partial charge on any atom is -0.423 e. The molecule has 0 atom stereocenters. The Kier molecular flexibility index (Phi) is 11.1. The highest BCUT2D eigenvalue weighted by molar-refractivity contribution is 14.1. The van der Waals surface area contributed by atoms with Crippen LogP contribution in [-0.4, -0.2) is 27.1 Å². The molecule has 6 nitrogen and oxygen atoms in total. The van der Waals surface area contributed by atoms with Crippen LogP contribution in [0.2, 0.25) is 0 Å². The number of aromatic nitrogens is 2. The Morgan fingerprint density at radius 2 is 1.22 bits per heavy atom. The van der Waals surface area contributed by atoms with Gasteiger partial charge in [-0.25, -0.2) is 8.78 Å². The SMILES string of the molecule is C.Nc1cc(F)ccc1-c1ccc2ncccc2c1.Nc1cc(F)ccc1I.OB(O)c1ccc2ncccc2c1. The van der Waals surface area contributed by atoms with Crippen molar-refractivity contribution >= 4 is 68.4 Å². The zero-order valence-corrected chi connectivity index (χ0v) is 23.2. The first-order chi connectivity index (χ1) is 19.2. The highest BCUT2D eigenvalue weighted by Crippen LogP contribution is 2.28. The summed E-state index contributed by atoms with van der Waals surface area (Å²) >= 11 is 2.05. The van der Waals surface area contributed by atoms with Gasteiger partial charge in [0.1, 0.15) is 11.6 Å². The van der Waals surface area contributed by atoms with Crippen LogP contribution < -0.4 is 16.9 Å². The first-order valence-corrected chi connectivity index (χ1v) is 13.1. The molecule has 10 heteroatoms. The van der Waals surface area contributed by atoms with Gasteiger partial charge in [0.05, 0.1) is 11.0 Å². The van der Waals surface area contributed by atoms with E-state index in [1.807, 2.05) is 65.1 Å². The molecule has 0 saturated heterocycles. The van der Waals surface area contributed by atoms with Crippen LogP contribution in [0, 0.1) is 15.2 Å². The maximum atomic E-state index is 13.0. The topological polar surface area (TPSA) is 118 Å². The minimum absolute atomic E-state index is 0. The van der Waals surface area contributed by atoms with E-state index in [1.54, 1.807) is 42.7 Å². The number of nitrogens with two attached hydrogens (primary N) is 2. The summed E-state index contributed by atoms with van der Waals surface area (Å²) < 4.78 is 26.2. The van der Waals surface area contributed by atoms with Crippen LogP contribution >= 0.6 is 22.6 Å². The van der Waals surface area contributed by atoms with E-state index in [0.717, 1.165) is 36.5 Å². The Bertz CT molecular complexity index is 1770. The monoisotopic (exact) mass is 664 g/mol. The Morgan fingerprint density at radius 1 is 0.659 bits per heavy atom. The zero-order valence-electron chi connectivity index (χ0n) is 21.0. The van der Waals surface area contributed by atoms with Crippen molar-refractivity contribution in [2.75, 3.05) is 11.5 Å². The lowest BCUT2D eigenvalue weighted by Gasteiger charge is -2.07. The van der Waals surface area contributed by atoms with Gasteiger partial charge in [-0.05, 0) is 106 Å². The second-order valence-electron chi connectivity index (χ2n) is 8.64. The van der Waals surface area contributed by atoms with Crippen molar-refractivity contribution in [3.63, 3.8) is 0 Å². The lowest BCUT2D eigenvalue weighted by Crippen LogP contribution is -2.29. The molecule has 0 aliphatic heterocycles. The highest BCUT2D eigenvalue weighted by Gasteiger charge is 2.10. The number of nitrogen functional groups attached to an aromatic ring is 2. The van der Waals surface area contributed by atoms with Gasteiger partial charge in [0, 0.05) is 38.3 Å². The first-order valence-electron chi connectivity index (χ1n) is 12.0. The average Bonchev–Trinajstić information content (AvgIpc) is 2.95. The van der Waals surface area contributed by atoms with Crippen molar-refractivity contribution < 1.29 is 18.8 Å². The average molecular weight is 664 g/mol. The van der Waals surface area contributed by atoms with E-state index in [9.17, 15) is 8.78 Å². The molecule has 208 valence electrons. The quantitative estimate of drug-likeness (QED) is 0.0998.